The highest BCUT2D eigenvalue weighted by molar-refractivity contribution is 5.99. The van der Waals surface area contributed by atoms with Crippen molar-refractivity contribution in [2.24, 2.45) is 0 Å². The number of nitrogens with zero attached hydrogens (tertiary/aromatic N) is 2. The Morgan fingerprint density at radius 3 is 2.70 bits per heavy atom. The predicted molar refractivity (Wildman–Crippen MR) is 79.6 cm³/mol. The summed E-state index contributed by atoms with van der Waals surface area (Å²) in [5.74, 6) is 0.0581. The van der Waals surface area contributed by atoms with Gasteiger partial charge in [-0.3, -0.25) is 4.79 Å². The number of rotatable bonds is 6. The third-order valence-electron chi connectivity index (χ3n) is 3.23. The maximum absolute atomic E-state index is 12.5. The molecule has 2 N–H and O–H groups in total. The number of benzene rings is 1. The molecule has 1 aromatic carbocycles. The van der Waals surface area contributed by atoms with Crippen LogP contribution in [0.2, 0.25) is 0 Å². The number of hydrogen-bond acceptors (Lipinski definition) is 3. The average Bonchev–Trinajstić information content (AvgIpc) is 3.00. The second-order valence-electron chi connectivity index (χ2n) is 4.45. The van der Waals surface area contributed by atoms with Gasteiger partial charge in [0.05, 0.1) is 24.1 Å². The highest BCUT2D eigenvalue weighted by atomic mass is 16.2. The van der Waals surface area contributed by atoms with Crippen LogP contribution in [0.15, 0.2) is 36.8 Å². The van der Waals surface area contributed by atoms with Crippen LogP contribution in [-0.4, -0.2) is 33.9 Å². The number of amides is 1. The first-order valence-electron chi connectivity index (χ1n) is 6.85. The lowest BCUT2D eigenvalue weighted by atomic mass is 10.1. The molecule has 106 valence electrons. The quantitative estimate of drug-likeness (QED) is 0.849. The van der Waals surface area contributed by atoms with Crippen LogP contribution in [-0.2, 0) is 6.54 Å². The summed E-state index contributed by atoms with van der Waals surface area (Å²) in [4.78, 5) is 21.3. The fourth-order valence-corrected chi connectivity index (χ4v) is 2.08. The van der Waals surface area contributed by atoms with Gasteiger partial charge in [-0.2, -0.15) is 0 Å². The highest BCUT2D eigenvalue weighted by Gasteiger charge is 2.15. The minimum Gasteiger partial charge on any atom is -0.379 e. The zero-order valence-electron chi connectivity index (χ0n) is 11.9. The van der Waals surface area contributed by atoms with Gasteiger partial charge in [-0.25, -0.2) is 4.98 Å². The van der Waals surface area contributed by atoms with E-state index in [4.69, 9.17) is 0 Å². The van der Waals surface area contributed by atoms with E-state index >= 15 is 0 Å². The standard InChI is InChI=1S/C15H20N4O/c1-3-19(4-2)15(20)13-7-5-6-8-14(13)17-10-12-9-16-11-18-12/h5-9,11,17H,3-4,10H2,1-2H3,(H,16,18). The number of aromatic amines is 1. The molecule has 0 unspecified atom stereocenters. The molecular weight excluding hydrogens is 252 g/mol. The van der Waals surface area contributed by atoms with Crippen LogP contribution >= 0.6 is 0 Å². The van der Waals surface area contributed by atoms with Gasteiger partial charge < -0.3 is 15.2 Å². The Morgan fingerprint density at radius 1 is 1.30 bits per heavy atom. The van der Waals surface area contributed by atoms with Crippen molar-refractivity contribution in [1.82, 2.24) is 14.9 Å². The Labute approximate surface area is 119 Å². The molecule has 20 heavy (non-hydrogen) atoms. The van der Waals surface area contributed by atoms with E-state index in [0.29, 0.717) is 25.2 Å². The van der Waals surface area contributed by atoms with Gasteiger partial charge in [-0.05, 0) is 26.0 Å². The molecule has 0 atom stereocenters. The number of carbonyl (C=O) groups excluding carboxylic acids is 1. The molecule has 1 heterocycles. The second-order valence-corrected chi connectivity index (χ2v) is 4.45. The molecule has 5 heteroatoms. The van der Waals surface area contributed by atoms with Crippen LogP contribution in [0.1, 0.15) is 29.9 Å². The van der Waals surface area contributed by atoms with Crippen molar-refractivity contribution >= 4 is 11.6 Å². The van der Waals surface area contributed by atoms with E-state index in [1.54, 1.807) is 12.5 Å². The lowest BCUT2D eigenvalue weighted by molar-refractivity contribution is 0.0774. The Bertz CT molecular complexity index is 547. The van der Waals surface area contributed by atoms with Gasteiger partial charge in [0.2, 0.25) is 0 Å². The van der Waals surface area contributed by atoms with Gasteiger partial charge in [0, 0.05) is 25.0 Å². The third kappa shape index (κ3) is 3.17. The van der Waals surface area contributed by atoms with Gasteiger partial charge in [-0.15, -0.1) is 0 Å². The normalized spacial score (nSPS) is 10.3. The molecule has 1 amide bonds. The molecule has 1 aromatic heterocycles. The molecule has 2 aromatic rings. The van der Waals surface area contributed by atoms with Crippen LogP contribution in [0.4, 0.5) is 5.69 Å². The molecule has 0 fully saturated rings. The predicted octanol–water partition coefficient (Wildman–Crippen LogP) is 2.50. The average molecular weight is 272 g/mol. The number of anilines is 1. The third-order valence-corrected chi connectivity index (χ3v) is 3.23. The van der Waals surface area contributed by atoms with E-state index in [1.165, 1.54) is 0 Å². The number of carbonyl (C=O) groups is 1. The molecule has 2 rings (SSSR count). The maximum Gasteiger partial charge on any atom is 0.255 e. The van der Waals surface area contributed by atoms with Crippen molar-refractivity contribution in [3.63, 3.8) is 0 Å². The monoisotopic (exact) mass is 272 g/mol. The second kappa shape index (κ2) is 6.75. The summed E-state index contributed by atoms with van der Waals surface area (Å²) in [7, 11) is 0. The van der Waals surface area contributed by atoms with Crippen molar-refractivity contribution in [3.8, 4) is 0 Å². The van der Waals surface area contributed by atoms with Crippen molar-refractivity contribution in [1.29, 1.82) is 0 Å². The van der Waals surface area contributed by atoms with Gasteiger partial charge in [0.25, 0.3) is 5.91 Å². The van der Waals surface area contributed by atoms with E-state index in [9.17, 15) is 4.79 Å². The van der Waals surface area contributed by atoms with Crippen LogP contribution in [0.5, 0.6) is 0 Å². The Morgan fingerprint density at radius 2 is 2.05 bits per heavy atom. The number of imidazole rings is 1. The first-order valence-corrected chi connectivity index (χ1v) is 6.85. The molecule has 5 nitrogen and oxygen atoms in total. The maximum atomic E-state index is 12.5. The topological polar surface area (TPSA) is 61.0 Å². The Kier molecular flexibility index (Phi) is 4.76. The summed E-state index contributed by atoms with van der Waals surface area (Å²) in [5.41, 5.74) is 2.53. The van der Waals surface area contributed by atoms with Crippen LogP contribution in [0.3, 0.4) is 0 Å². The number of aromatic nitrogens is 2. The lowest BCUT2D eigenvalue weighted by Gasteiger charge is -2.20. The summed E-state index contributed by atoms with van der Waals surface area (Å²) >= 11 is 0. The van der Waals surface area contributed by atoms with E-state index in [-0.39, 0.29) is 5.91 Å². The molecule has 0 saturated heterocycles. The molecular formula is C15H20N4O. The summed E-state index contributed by atoms with van der Waals surface area (Å²) in [6, 6.07) is 7.59. The first kappa shape index (κ1) is 14.1. The smallest absolute Gasteiger partial charge is 0.255 e. The van der Waals surface area contributed by atoms with Gasteiger partial charge >= 0.3 is 0 Å². The van der Waals surface area contributed by atoms with E-state index in [0.717, 1.165) is 11.4 Å². The van der Waals surface area contributed by atoms with E-state index in [1.807, 2.05) is 43.0 Å². The lowest BCUT2D eigenvalue weighted by Crippen LogP contribution is -2.31. The van der Waals surface area contributed by atoms with Crippen LogP contribution in [0, 0.1) is 0 Å². The summed E-state index contributed by atoms with van der Waals surface area (Å²) in [6.45, 7) is 6.01. The molecule has 0 aliphatic rings. The van der Waals surface area contributed by atoms with Gasteiger partial charge in [0.15, 0.2) is 0 Å². The van der Waals surface area contributed by atoms with Crippen molar-refractivity contribution in [3.05, 3.63) is 48.0 Å². The Hall–Kier alpha value is -2.30. The first-order chi connectivity index (χ1) is 9.76. The molecule has 0 aliphatic heterocycles. The van der Waals surface area contributed by atoms with E-state index < -0.39 is 0 Å². The molecule has 0 radical (unpaired) electrons. The van der Waals surface area contributed by atoms with Gasteiger partial charge in [0.1, 0.15) is 0 Å². The number of nitrogens with one attached hydrogen (secondary N) is 2. The zero-order chi connectivity index (χ0) is 14.4. The SMILES string of the molecule is CCN(CC)C(=O)c1ccccc1NCc1cnc[nH]1. The van der Waals surface area contributed by atoms with Crippen molar-refractivity contribution in [2.45, 2.75) is 20.4 Å². The summed E-state index contributed by atoms with van der Waals surface area (Å²) < 4.78 is 0. The largest absolute Gasteiger partial charge is 0.379 e. The van der Waals surface area contributed by atoms with Crippen LogP contribution in [0.25, 0.3) is 0 Å². The number of H-pyrrole nitrogens is 1. The number of para-hydroxylation sites is 1. The van der Waals surface area contributed by atoms with Crippen LogP contribution < -0.4 is 5.32 Å². The van der Waals surface area contributed by atoms with Gasteiger partial charge in [-0.1, -0.05) is 12.1 Å². The molecule has 0 aliphatic carbocycles. The van der Waals surface area contributed by atoms with Crippen molar-refractivity contribution < 1.29 is 4.79 Å². The summed E-state index contributed by atoms with van der Waals surface area (Å²) in [6.07, 6.45) is 3.41. The minimum atomic E-state index is 0.0581. The molecule has 0 spiro atoms. The Balaban J connectivity index is 2.15. The fourth-order valence-electron chi connectivity index (χ4n) is 2.08. The van der Waals surface area contributed by atoms with Crippen molar-refractivity contribution in [2.75, 3.05) is 18.4 Å². The highest BCUT2D eigenvalue weighted by Crippen LogP contribution is 2.18. The zero-order valence-corrected chi connectivity index (χ0v) is 11.9. The number of hydrogen-bond donors (Lipinski definition) is 2. The summed E-state index contributed by atoms with van der Waals surface area (Å²) in [5, 5.41) is 3.28. The molecule has 0 saturated carbocycles. The minimum absolute atomic E-state index is 0.0581. The molecule has 0 bridgehead atoms. The van der Waals surface area contributed by atoms with E-state index in [2.05, 4.69) is 15.3 Å². The fraction of sp³-hybridized carbons (Fsp3) is 0.333.